The molecule has 96 valence electrons. The van der Waals surface area contributed by atoms with Gasteiger partial charge in [0.15, 0.2) is 0 Å². The molecule has 3 nitrogen and oxygen atoms in total. The molecule has 0 spiro atoms. The minimum absolute atomic E-state index is 0.179. The van der Waals surface area contributed by atoms with E-state index in [-0.39, 0.29) is 6.61 Å². The van der Waals surface area contributed by atoms with Gasteiger partial charge in [0, 0.05) is 13.1 Å². The third-order valence-electron chi connectivity index (χ3n) is 2.56. The number of unbranched alkanes of at least 4 members (excludes halogenated alkanes) is 2. The summed E-state index contributed by atoms with van der Waals surface area (Å²) in [5, 5.41) is 11.8. The second-order valence-electron chi connectivity index (χ2n) is 4.10. The van der Waals surface area contributed by atoms with E-state index in [1.165, 1.54) is 18.4 Å². The van der Waals surface area contributed by atoms with Crippen LogP contribution in [0.5, 0.6) is 5.75 Å². The first-order chi connectivity index (χ1) is 8.36. The number of ether oxygens (including phenoxy) is 1. The van der Waals surface area contributed by atoms with Crippen molar-refractivity contribution >= 4 is 0 Å². The molecule has 1 aromatic carbocycles. The minimum atomic E-state index is 0.179. The summed E-state index contributed by atoms with van der Waals surface area (Å²) in [5.41, 5.74) is 1.21. The first-order valence-electron chi connectivity index (χ1n) is 6.40. The summed E-state index contributed by atoms with van der Waals surface area (Å²) in [4.78, 5) is 0. The molecule has 17 heavy (non-hydrogen) atoms. The molecule has 0 aromatic heterocycles. The van der Waals surface area contributed by atoms with Gasteiger partial charge in [0.05, 0.1) is 13.2 Å². The third-order valence-corrected chi connectivity index (χ3v) is 2.56. The fourth-order valence-electron chi connectivity index (χ4n) is 1.56. The van der Waals surface area contributed by atoms with Gasteiger partial charge >= 0.3 is 0 Å². The van der Waals surface area contributed by atoms with Crippen molar-refractivity contribution in [2.75, 3.05) is 19.8 Å². The first-order valence-corrected chi connectivity index (χ1v) is 6.40. The topological polar surface area (TPSA) is 41.5 Å². The van der Waals surface area contributed by atoms with E-state index >= 15 is 0 Å². The molecule has 0 fully saturated rings. The van der Waals surface area contributed by atoms with E-state index in [1.807, 2.05) is 12.1 Å². The minimum Gasteiger partial charge on any atom is -0.494 e. The molecule has 1 aromatic rings. The monoisotopic (exact) mass is 237 g/mol. The molecular formula is C14H23NO2. The van der Waals surface area contributed by atoms with Crippen molar-refractivity contribution in [2.24, 2.45) is 0 Å². The third kappa shape index (κ3) is 6.29. The van der Waals surface area contributed by atoms with Crippen LogP contribution in [0.1, 0.15) is 31.7 Å². The average molecular weight is 237 g/mol. The van der Waals surface area contributed by atoms with E-state index in [0.29, 0.717) is 6.54 Å². The number of rotatable bonds is 9. The predicted octanol–water partition coefficient (Wildman–Crippen LogP) is 2.34. The predicted molar refractivity (Wildman–Crippen MR) is 70.3 cm³/mol. The van der Waals surface area contributed by atoms with Gasteiger partial charge in [0.1, 0.15) is 5.75 Å². The van der Waals surface area contributed by atoms with Gasteiger partial charge in [-0.2, -0.15) is 0 Å². The summed E-state index contributed by atoms with van der Waals surface area (Å²) in [5.74, 6) is 0.937. The van der Waals surface area contributed by atoms with Gasteiger partial charge < -0.3 is 15.2 Å². The molecule has 0 saturated carbocycles. The van der Waals surface area contributed by atoms with E-state index in [9.17, 15) is 0 Å². The van der Waals surface area contributed by atoms with Crippen LogP contribution < -0.4 is 10.1 Å². The maximum atomic E-state index is 8.65. The lowest BCUT2D eigenvalue weighted by Crippen LogP contribution is -2.17. The van der Waals surface area contributed by atoms with Gasteiger partial charge in [-0.25, -0.2) is 0 Å². The van der Waals surface area contributed by atoms with Crippen LogP contribution in [0.4, 0.5) is 0 Å². The highest BCUT2D eigenvalue weighted by Gasteiger charge is 1.95. The van der Waals surface area contributed by atoms with Crippen LogP contribution in [0.2, 0.25) is 0 Å². The molecule has 0 atom stereocenters. The summed E-state index contributed by atoms with van der Waals surface area (Å²) in [7, 11) is 0. The van der Waals surface area contributed by atoms with Crippen molar-refractivity contribution in [3.8, 4) is 5.75 Å². The van der Waals surface area contributed by atoms with Crippen LogP contribution >= 0.6 is 0 Å². The average Bonchev–Trinajstić information content (AvgIpc) is 2.37. The van der Waals surface area contributed by atoms with Crippen LogP contribution in [0.3, 0.4) is 0 Å². The molecule has 0 aliphatic carbocycles. The van der Waals surface area contributed by atoms with Crippen molar-refractivity contribution in [1.29, 1.82) is 0 Å². The zero-order chi connectivity index (χ0) is 12.3. The normalized spacial score (nSPS) is 10.5. The summed E-state index contributed by atoms with van der Waals surface area (Å²) < 4.78 is 5.63. The fourth-order valence-corrected chi connectivity index (χ4v) is 1.56. The van der Waals surface area contributed by atoms with Gasteiger partial charge in [0.25, 0.3) is 0 Å². The Kier molecular flexibility index (Phi) is 7.43. The molecule has 0 radical (unpaired) electrons. The van der Waals surface area contributed by atoms with Gasteiger partial charge in [-0.05, 0) is 24.1 Å². The highest BCUT2D eigenvalue weighted by atomic mass is 16.5. The molecule has 2 N–H and O–H groups in total. The van der Waals surface area contributed by atoms with Gasteiger partial charge in [0.2, 0.25) is 0 Å². The van der Waals surface area contributed by atoms with Crippen LogP contribution in [-0.2, 0) is 6.54 Å². The standard InChI is InChI=1S/C14H23NO2/c1-2-3-4-11-17-14-7-5-13(6-8-14)12-15-9-10-16/h5-8,15-16H,2-4,9-12H2,1H3. The number of aliphatic hydroxyl groups is 1. The number of benzene rings is 1. The molecule has 1 rings (SSSR count). The lowest BCUT2D eigenvalue weighted by molar-refractivity contribution is 0.292. The molecule has 0 amide bonds. The zero-order valence-corrected chi connectivity index (χ0v) is 10.6. The lowest BCUT2D eigenvalue weighted by Gasteiger charge is -2.07. The number of nitrogens with one attached hydrogen (secondary N) is 1. The van der Waals surface area contributed by atoms with E-state index in [2.05, 4.69) is 24.4 Å². The van der Waals surface area contributed by atoms with E-state index in [4.69, 9.17) is 9.84 Å². The highest BCUT2D eigenvalue weighted by Crippen LogP contribution is 2.12. The SMILES string of the molecule is CCCCCOc1ccc(CNCCO)cc1. The molecule has 0 saturated heterocycles. The Morgan fingerprint density at radius 3 is 2.59 bits per heavy atom. The Balaban J connectivity index is 2.24. The molecule has 0 aliphatic heterocycles. The number of aliphatic hydroxyl groups excluding tert-OH is 1. The van der Waals surface area contributed by atoms with Crippen molar-refractivity contribution in [1.82, 2.24) is 5.32 Å². The smallest absolute Gasteiger partial charge is 0.119 e. The maximum absolute atomic E-state index is 8.65. The second-order valence-corrected chi connectivity index (χ2v) is 4.10. The lowest BCUT2D eigenvalue weighted by atomic mass is 10.2. The molecule has 0 heterocycles. The first kappa shape index (κ1) is 14.0. The zero-order valence-electron chi connectivity index (χ0n) is 10.6. The van der Waals surface area contributed by atoms with Crippen molar-refractivity contribution in [3.63, 3.8) is 0 Å². The largest absolute Gasteiger partial charge is 0.494 e. The van der Waals surface area contributed by atoms with Crippen LogP contribution in [0.15, 0.2) is 24.3 Å². The number of hydrogen-bond acceptors (Lipinski definition) is 3. The molecule has 0 bridgehead atoms. The Hall–Kier alpha value is -1.06. The van der Waals surface area contributed by atoms with Gasteiger partial charge in [-0.1, -0.05) is 31.9 Å². The Morgan fingerprint density at radius 2 is 1.94 bits per heavy atom. The number of hydrogen-bond donors (Lipinski definition) is 2. The van der Waals surface area contributed by atoms with E-state index in [1.54, 1.807) is 0 Å². The summed E-state index contributed by atoms with van der Waals surface area (Å²) >= 11 is 0. The summed E-state index contributed by atoms with van der Waals surface area (Å²) in [6, 6.07) is 8.11. The highest BCUT2D eigenvalue weighted by molar-refractivity contribution is 5.27. The quantitative estimate of drug-likeness (QED) is 0.648. The summed E-state index contributed by atoms with van der Waals surface area (Å²) in [6.07, 6.45) is 3.57. The Labute approximate surface area is 104 Å². The van der Waals surface area contributed by atoms with Crippen LogP contribution in [0, 0.1) is 0 Å². The maximum Gasteiger partial charge on any atom is 0.119 e. The Morgan fingerprint density at radius 1 is 1.18 bits per heavy atom. The van der Waals surface area contributed by atoms with Crippen molar-refractivity contribution < 1.29 is 9.84 Å². The van der Waals surface area contributed by atoms with Gasteiger partial charge in [-0.15, -0.1) is 0 Å². The van der Waals surface area contributed by atoms with E-state index in [0.717, 1.165) is 25.3 Å². The molecular weight excluding hydrogens is 214 g/mol. The molecule has 3 heteroatoms. The summed E-state index contributed by atoms with van der Waals surface area (Å²) in [6.45, 7) is 4.59. The van der Waals surface area contributed by atoms with Crippen LogP contribution in [-0.4, -0.2) is 24.9 Å². The van der Waals surface area contributed by atoms with Crippen molar-refractivity contribution in [3.05, 3.63) is 29.8 Å². The molecule has 0 aliphatic rings. The second kappa shape index (κ2) is 9.02. The Bertz CT molecular complexity index is 285. The van der Waals surface area contributed by atoms with Crippen molar-refractivity contribution in [2.45, 2.75) is 32.7 Å². The molecule has 0 unspecified atom stereocenters. The van der Waals surface area contributed by atoms with E-state index < -0.39 is 0 Å². The van der Waals surface area contributed by atoms with Crippen LogP contribution in [0.25, 0.3) is 0 Å². The fraction of sp³-hybridized carbons (Fsp3) is 0.571. The van der Waals surface area contributed by atoms with Gasteiger partial charge in [-0.3, -0.25) is 0 Å².